The van der Waals surface area contributed by atoms with Crippen LogP contribution in [0.15, 0.2) is 36.7 Å². The Bertz CT molecular complexity index is 317. The van der Waals surface area contributed by atoms with Crippen molar-refractivity contribution in [3.05, 3.63) is 36.7 Å². The molecule has 0 saturated carbocycles. The number of hydrogen-bond acceptors (Lipinski definition) is 2. The van der Waals surface area contributed by atoms with Crippen molar-refractivity contribution in [2.45, 2.75) is 0 Å². The van der Waals surface area contributed by atoms with Crippen LogP contribution in [0.25, 0.3) is 11.4 Å². The van der Waals surface area contributed by atoms with Crippen molar-refractivity contribution in [1.29, 1.82) is 0 Å². The summed E-state index contributed by atoms with van der Waals surface area (Å²) in [6.07, 6.45) is 3.40. The zero-order chi connectivity index (χ0) is 7.52. The van der Waals surface area contributed by atoms with Crippen LogP contribution in [-0.2, 0) is 20.1 Å². The Morgan fingerprint density at radius 3 is 2.58 bits per heavy atom. The van der Waals surface area contributed by atoms with Gasteiger partial charge in [0.15, 0.2) is 0 Å². The van der Waals surface area contributed by atoms with Gasteiger partial charge in [0.05, 0.1) is 0 Å². The van der Waals surface area contributed by atoms with Gasteiger partial charge in [-0.1, -0.05) is 17.8 Å². The molecule has 0 aliphatic rings. The second kappa shape index (κ2) is 4.14. The molecule has 2 aromatic heterocycles. The number of pyridine rings is 1. The summed E-state index contributed by atoms with van der Waals surface area (Å²) in [6, 6.07) is 7.54. The zero-order valence-electron chi connectivity index (χ0n) is 6.14. The summed E-state index contributed by atoms with van der Waals surface area (Å²) in [5, 5.41) is 7.58. The zero-order valence-corrected chi connectivity index (χ0v) is 8.53. The van der Waals surface area contributed by atoms with Crippen LogP contribution >= 0.6 is 0 Å². The first-order chi connectivity index (χ1) is 5.47. The van der Waals surface area contributed by atoms with Gasteiger partial charge in [-0.3, -0.25) is 4.98 Å². The molecule has 2 aromatic rings. The maximum Gasteiger partial charge on any atom is 0.0493 e. The molecule has 3 nitrogen and oxygen atoms in total. The van der Waals surface area contributed by atoms with Crippen LogP contribution in [0.4, 0.5) is 0 Å². The van der Waals surface area contributed by atoms with Gasteiger partial charge < -0.3 is 10.2 Å². The van der Waals surface area contributed by atoms with E-state index in [1.54, 1.807) is 12.4 Å². The topological polar surface area (TPSA) is 39.9 Å². The van der Waals surface area contributed by atoms with Gasteiger partial charge in [-0.2, -0.15) is 0 Å². The first-order valence-corrected chi connectivity index (χ1v) is 3.32. The van der Waals surface area contributed by atoms with E-state index in [0.29, 0.717) is 0 Å². The van der Waals surface area contributed by atoms with Crippen LogP contribution in [0, 0.1) is 0 Å². The molecular formula is C8H6IrN3-. The van der Waals surface area contributed by atoms with E-state index in [1.807, 2.05) is 24.3 Å². The second-order valence-corrected chi connectivity index (χ2v) is 2.13. The Hall–Kier alpha value is -0.991. The first kappa shape index (κ1) is 9.10. The van der Waals surface area contributed by atoms with Crippen molar-refractivity contribution in [3.8, 4) is 11.4 Å². The molecule has 0 spiro atoms. The molecule has 0 atom stereocenters. The molecule has 0 aromatic carbocycles. The fraction of sp³-hybridized carbons (Fsp3) is 0. The molecule has 0 amide bonds. The molecule has 0 saturated heterocycles. The fourth-order valence-corrected chi connectivity index (χ4v) is 0.884. The molecule has 0 aliphatic heterocycles. The molecule has 1 radical (unpaired) electrons. The third-order valence-electron chi connectivity index (χ3n) is 1.39. The van der Waals surface area contributed by atoms with Gasteiger partial charge in [-0.05, 0) is 12.1 Å². The van der Waals surface area contributed by atoms with Crippen LogP contribution in [0.5, 0.6) is 0 Å². The van der Waals surface area contributed by atoms with E-state index in [-0.39, 0.29) is 20.1 Å². The maximum absolute atomic E-state index is 4.12. The van der Waals surface area contributed by atoms with Crippen LogP contribution in [0.3, 0.4) is 0 Å². The minimum absolute atomic E-state index is 0. The van der Waals surface area contributed by atoms with Crippen molar-refractivity contribution < 1.29 is 20.1 Å². The van der Waals surface area contributed by atoms with Crippen molar-refractivity contribution in [2.75, 3.05) is 0 Å². The van der Waals surface area contributed by atoms with Crippen molar-refractivity contribution >= 4 is 0 Å². The average Bonchev–Trinajstić information content (AvgIpc) is 2.58. The Morgan fingerprint density at radius 1 is 1.08 bits per heavy atom. The quantitative estimate of drug-likeness (QED) is 0.783. The SMILES string of the molecule is [Ir].c1ccc(-c2ccn[n-]2)nc1. The number of aromatic nitrogens is 3. The van der Waals surface area contributed by atoms with E-state index in [9.17, 15) is 0 Å². The van der Waals surface area contributed by atoms with Gasteiger partial charge in [0, 0.05) is 38.2 Å². The molecule has 0 fully saturated rings. The minimum Gasteiger partial charge on any atom is -0.574 e. The van der Waals surface area contributed by atoms with Crippen LogP contribution in [0.1, 0.15) is 0 Å². The Labute approximate surface area is 83.6 Å². The molecule has 0 N–H and O–H groups in total. The molecule has 12 heavy (non-hydrogen) atoms. The summed E-state index contributed by atoms with van der Waals surface area (Å²) < 4.78 is 0. The Morgan fingerprint density at radius 2 is 2.00 bits per heavy atom. The summed E-state index contributed by atoms with van der Waals surface area (Å²) >= 11 is 0. The Balaban J connectivity index is 0.000000720. The van der Waals surface area contributed by atoms with Crippen molar-refractivity contribution in [1.82, 2.24) is 15.2 Å². The molecule has 2 rings (SSSR count). The molecule has 2 heterocycles. The Kier molecular flexibility index (Phi) is 3.14. The number of rotatable bonds is 1. The molecule has 0 aliphatic carbocycles. The second-order valence-electron chi connectivity index (χ2n) is 2.13. The molecular weight excluding hydrogens is 330 g/mol. The smallest absolute Gasteiger partial charge is 0.0493 e. The summed E-state index contributed by atoms with van der Waals surface area (Å²) in [4.78, 5) is 4.12. The third kappa shape index (κ3) is 1.78. The maximum atomic E-state index is 4.12. The summed E-state index contributed by atoms with van der Waals surface area (Å²) in [5.41, 5.74) is 1.69. The first-order valence-electron chi connectivity index (χ1n) is 3.32. The van der Waals surface area contributed by atoms with Gasteiger partial charge in [-0.25, -0.2) is 0 Å². The van der Waals surface area contributed by atoms with Gasteiger partial charge in [0.1, 0.15) is 0 Å². The normalized spacial score (nSPS) is 9.00. The van der Waals surface area contributed by atoms with Crippen molar-refractivity contribution in [2.24, 2.45) is 0 Å². The molecule has 63 valence electrons. The van der Waals surface area contributed by atoms with Crippen LogP contribution in [0.2, 0.25) is 0 Å². The van der Waals surface area contributed by atoms with Crippen LogP contribution in [-0.4, -0.2) is 10.1 Å². The number of nitrogens with zero attached hydrogens (tertiary/aromatic N) is 3. The number of hydrogen-bond donors (Lipinski definition) is 0. The van der Waals surface area contributed by atoms with E-state index in [1.165, 1.54) is 0 Å². The van der Waals surface area contributed by atoms with E-state index in [4.69, 9.17) is 0 Å². The van der Waals surface area contributed by atoms with Gasteiger partial charge in [-0.15, -0.1) is 0 Å². The summed E-state index contributed by atoms with van der Waals surface area (Å²) in [5.74, 6) is 0. The van der Waals surface area contributed by atoms with Crippen molar-refractivity contribution in [3.63, 3.8) is 0 Å². The molecule has 0 unspecified atom stereocenters. The average molecular weight is 336 g/mol. The van der Waals surface area contributed by atoms with Gasteiger partial charge in [0.25, 0.3) is 0 Å². The van der Waals surface area contributed by atoms with E-state index in [0.717, 1.165) is 11.4 Å². The van der Waals surface area contributed by atoms with E-state index in [2.05, 4.69) is 15.2 Å². The predicted molar refractivity (Wildman–Crippen MR) is 40.8 cm³/mol. The van der Waals surface area contributed by atoms with E-state index < -0.39 is 0 Å². The van der Waals surface area contributed by atoms with Gasteiger partial charge in [0.2, 0.25) is 0 Å². The summed E-state index contributed by atoms with van der Waals surface area (Å²) in [6.45, 7) is 0. The molecule has 0 bridgehead atoms. The van der Waals surface area contributed by atoms with Gasteiger partial charge >= 0.3 is 0 Å². The fourth-order valence-electron chi connectivity index (χ4n) is 0.884. The predicted octanol–water partition coefficient (Wildman–Crippen LogP) is 1.10. The monoisotopic (exact) mass is 337 g/mol. The largest absolute Gasteiger partial charge is 0.574 e. The van der Waals surface area contributed by atoms with E-state index >= 15 is 0 Å². The molecule has 4 heteroatoms. The third-order valence-corrected chi connectivity index (χ3v) is 1.39. The minimum atomic E-state index is 0. The standard InChI is InChI=1S/C8H6N3.Ir/c1-2-5-9-7(3-1)8-4-6-10-11-8;/h1-6H;/q-1;. The summed E-state index contributed by atoms with van der Waals surface area (Å²) in [7, 11) is 0. The van der Waals surface area contributed by atoms with Crippen LogP contribution < -0.4 is 5.10 Å².